The van der Waals surface area contributed by atoms with Gasteiger partial charge in [-0.05, 0) is 25.5 Å². The van der Waals surface area contributed by atoms with Gasteiger partial charge in [0.15, 0.2) is 11.5 Å². The highest BCUT2D eigenvalue weighted by atomic mass is 16.5. The summed E-state index contributed by atoms with van der Waals surface area (Å²) in [6.07, 6.45) is 0. The fourth-order valence-electron chi connectivity index (χ4n) is 2.92. The number of aromatic nitrogens is 1. The first-order valence-corrected chi connectivity index (χ1v) is 8.34. The lowest BCUT2D eigenvalue weighted by Gasteiger charge is -2.16. The SMILES string of the molecule is COc1cc(NC(=O)Cn2c(C)cc(C)c(C(N)=O)c2=O)cc(OC)c1OC. The number of primary amides is 1. The number of hydrogen-bond donors (Lipinski definition) is 2. The van der Waals surface area contributed by atoms with Crippen LogP contribution >= 0.6 is 0 Å². The standard InChI is InChI=1S/C19H23N3O6/c1-10-6-11(2)22(19(25)16(10)18(20)24)9-15(23)21-12-7-13(26-3)17(28-5)14(8-12)27-4/h6-8H,9H2,1-5H3,(H2,20,24)(H,21,23). The van der Waals surface area contributed by atoms with Crippen LogP contribution in [0.25, 0.3) is 0 Å². The van der Waals surface area contributed by atoms with E-state index in [1.54, 1.807) is 32.0 Å². The number of amides is 2. The van der Waals surface area contributed by atoms with Crippen LogP contribution in [0.1, 0.15) is 21.6 Å². The molecule has 0 aliphatic rings. The van der Waals surface area contributed by atoms with Crippen molar-refractivity contribution in [3.63, 3.8) is 0 Å². The number of nitrogens with two attached hydrogens (primary N) is 1. The van der Waals surface area contributed by atoms with Crippen molar-refractivity contribution in [2.75, 3.05) is 26.6 Å². The van der Waals surface area contributed by atoms with Crippen LogP contribution in [-0.4, -0.2) is 37.7 Å². The molecule has 0 spiro atoms. The number of rotatable bonds is 7. The first-order valence-electron chi connectivity index (χ1n) is 8.34. The van der Waals surface area contributed by atoms with E-state index < -0.39 is 17.4 Å². The highest BCUT2D eigenvalue weighted by molar-refractivity contribution is 5.94. The predicted molar refractivity (Wildman–Crippen MR) is 103 cm³/mol. The van der Waals surface area contributed by atoms with E-state index in [0.717, 1.165) is 0 Å². The number of aryl methyl sites for hydroxylation is 2. The van der Waals surface area contributed by atoms with Crippen molar-refractivity contribution < 1.29 is 23.8 Å². The van der Waals surface area contributed by atoms with Crippen molar-refractivity contribution in [2.24, 2.45) is 5.73 Å². The number of hydrogen-bond acceptors (Lipinski definition) is 6. The van der Waals surface area contributed by atoms with E-state index in [-0.39, 0.29) is 12.1 Å². The van der Waals surface area contributed by atoms with Crippen molar-refractivity contribution in [2.45, 2.75) is 20.4 Å². The summed E-state index contributed by atoms with van der Waals surface area (Å²) in [7, 11) is 4.40. The van der Waals surface area contributed by atoms with Crippen molar-refractivity contribution >= 4 is 17.5 Å². The average molecular weight is 389 g/mol. The Morgan fingerprint density at radius 3 is 2.07 bits per heavy atom. The molecule has 1 aromatic carbocycles. The minimum absolute atomic E-state index is 0.133. The molecule has 9 nitrogen and oxygen atoms in total. The lowest BCUT2D eigenvalue weighted by Crippen LogP contribution is -2.35. The van der Waals surface area contributed by atoms with E-state index in [0.29, 0.717) is 34.2 Å². The maximum atomic E-state index is 12.5. The first kappa shape index (κ1) is 20.8. The van der Waals surface area contributed by atoms with Gasteiger partial charge in [-0.15, -0.1) is 0 Å². The summed E-state index contributed by atoms with van der Waals surface area (Å²) in [4.78, 5) is 36.6. The third kappa shape index (κ3) is 4.08. The third-order valence-electron chi connectivity index (χ3n) is 4.20. The number of nitrogens with zero attached hydrogens (tertiary/aromatic N) is 1. The first-order chi connectivity index (χ1) is 13.2. The number of benzene rings is 1. The Hall–Kier alpha value is -3.49. The summed E-state index contributed by atoms with van der Waals surface area (Å²) in [5.41, 5.74) is 5.95. The van der Waals surface area contributed by atoms with Crippen LogP contribution in [0.5, 0.6) is 17.2 Å². The summed E-state index contributed by atoms with van der Waals surface area (Å²) in [6, 6.07) is 4.77. The largest absolute Gasteiger partial charge is 0.493 e. The molecular formula is C19H23N3O6. The van der Waals surface area contributed by atoms with Crippen LogP contribution in [0.4, 0.5) is 5.69 Å². The number of carbonyl (C=O) groups excluding carboxylic acids is 2. The van der Waals surface area contributed by atoms with Gasteiger partial charge in [0.25, 0.3) is 11.5 Å². The molecule has 150 valence electrons. The van der Waals surface area contributed by atoms with E-state index in [2.05, 4.69) is 5.32 Å². The number of methoxy groups -OCH3 is 3. The highest BCUT2D eigenvalue weighted by Crippen LogP contribution is 2.39. The Kier molecular flexibility index (Phi) is 6.29. The van der Waals surface area contributed by atoms with E-state index in [1.807, 2.05) is 0 Å². The molecule has 0 saturated carbocycles. The van der Waals surface area contributed by atoms with Gasteiger partial charge in [0.05, 0.1) is 21.3 Å². The van der Waals surface area contributed by atoms with Crippen LogP contribution < -0.4 is 30.8 Å². The zero-order chi connectivity index (χ0) is 21.0. The fourth-order valence-corrected chi connectivity index (χ4v) is 2.92. The number of pyridine rings is 1. The van der Waals surface area contributed by atoms with Crippen LogP contribution in [0, 0.1) is 13.8 Å². The smallest absolute Gasteiger partial charge is 0.264 e. The normalized spacial score (nSPS) is 10.3. The molecule has 28 heavy (non-hydrogen) atoms. The number of nitrogens with one attached hydrogen (secondary N) is 1. The van der Waals surface area contributed by atoms with Gasteiger partial charge in [-0.2, -0.15) is 0 Å². The lowest BCUT2D eigenvalue weighted by molar-refractivity contribution is -0.116. The number of carbonyl (C=O) groups is 2. The molecule has 2 amide bonds. The maximum absolute atomic E-state index is 12.5. The zero-order valence-corrected chi connectivity index (χ0v) is 16.4. The second kappa shape index (κ2) is 8.47. The molecule has 2 aromatic rings. The molecule has 2 rings (SSSR count). The van der Waals surface area contributed by atoms with Crippen LogP contribution in [0.2, 0.25) is 0 Å². The Bertz CT molecular complexity index is 955. The molecule has 3 N–H and O–H groups in total. The molecule has 0 saturated heterocycles. The van der Waals surface area contributed by atoms with E-state index >= 15 is 0 Å². The Balaban J connectivity index is 2.34. The summed E-state index contributed by atoms with van der Waals surface area (Å²) >= 11 is 0. The fraction of sp³-hybridized carbons (Fsp3) is 0.316. The van der Waals surface area contributed by atoms with Crippen molar-refractivity contribution in [1.82, 2.24) is 4.57 Å². The Morgan fingerprint density at radius 1 is 1.04 bits per heavy atom. The highest BCUT2D eigenvalue weighted by Gasteiger charge is 2.18. The van der Waals surface area contributed by atoms with Crippen LogP contribution in [0.15, 0.2) is 23.0 Å². The van der Waals surface area contributed by atoms with E-state index in [4.69, 9.17) is 19.9 Å². The van der Waals surface area contributed by atoms with Gasteiger partial charge in [0.2, 0.25) is 11.7 Å². The van der Waals surface area contributed by atoms with Crippen molar-refractivity contribution in [1.29, 1.82) is 0 Å². The van der Waals surface area contributed by atoms with Gasteiger partial charge in [0, 0.05) is 23.5 Å². The zero-order valence-electron chi connectivity index (χ0n) is 16.4. The summed E-state index contributed by atoms with van der Waals surface area (Å²) in [5, 5.41) is 2.68. The lowest BCUT2D eigenvalue weighted by atomic mass is 10.1. The minimum Gasteiger partial charge on any atom is -0.493 e. The second-order valence-electron chi connectivity index (χ2n) is 6.06. The summed E-state index contributed by atoms with van der Waals surface area (Å²) in [6.45, 7) is 3.00. The van der Waals surface area contributed by atoms with Gasteiger partial charge < -0.3 is 29.8 Å². The Labute approximate surface area is 162 Å². The van der Waals surface area contributed by atoms with Gasteiger partial charge in [-0.1, -0.05) is 0 Å². The van der Waals surface area contributed by atoms with E-state index in [1.165, 1.54) is 25.9 Å². The third-order valence-corrected chi connectivity index (χ3v) is 4.20. The molecule has 0 bridgehead atoms. The molecule has 1 heterocycles. The van der Waals surface area contributed by atoms with Gasteiger partial charge in [-0.25, -0.2) is 0 Å². The molecule has 1 aromatic heterocycles. The molecule has 9 heteroatoms. The number of ether oxygens (including phenoxy) is 3. The van der Waals surface area contributed by atoms with Gasteiger partial charge in [-0.3, -0.25) is 14.4 Å². The summed E-state index contributed by atoms with van der Waals surface area (Å²) in [5.74, 6) is -0.173. The molecule has 0 aliphatic heterocycles. The van der Waals surface area contributed by atoms with Gasteiger partial charge in [0.1, 0.15) is 12.1 Å². The molecule has 0 atom stereocenters. The minimum atomic E-state index is -0.832. The Morgan fingerprint density at radius 2 is 1.61 bits per heavy atom. The van der Waals surface area contributed by atoms with Crippen molar-refractivity contribution in [3.05, 3.63) is 45.4 Å². The summed E-state index contributed by atoms with van der Waals surface area (Å²) < 4.78 is 16.9. The predicted octanol–water partition coefficient (Wildman–Crippen LogP) is 1.23. The molecule has 0 radical (unpaired) electrons. The molecular weight excluding hydrogens is 366 g/mol. The number of anilines is 1. The topological polar surface area (TPSA) is 122 Å². The maximum Gasteiger partial charge on any atom is 0.264 e. The quantitative estimate of drug-likeness (QED) is 0.734. The molecule has 0 fully saturated rings. The van der Waals surface area contributed by atoms with Crippen LogP contribution in [-0.2, 0) is 11.3 Å². The second-order valence-corrected chi connectivity index (χ2v) is 6.06. The van der Waals surface area contributed by atoms with Crippen molar-refractivity contribution in [3.8, 4) is 17.2 Å². The van der Waals surface area contributed by atoms with E-state index in [9.17, 15) is 14.4 Å². The molecule has 0 aliphatic carbocycles. The molecule has 0 unspecified atom stereocenters. The average Bonchev–Trinajstić information content (AvgIpc) is 2.63. The van der Waals surface area contributed by atoms with Crippen LogP contribution in [0.3, 0.4) is 0 Å². The van der Waals surface area contributed by atoms with Gasteiger partial charge >= 0.3 is 0 Å². The monoisotopic (exact) mass is 389 g/mol.